The van der Waals surface area contributed by atoms with Crippen LogP contribution in [-0.4, -0.2) is 55.8 Å². The average molecular weight is 517 g/mol. The molecule has 1 N–H and O–H groups in total. The minimum Gasteiger partial charge on any atom is -0.464 e. The summed E-state index contributed by atoms with van der Waals surface area (Å²) in [6.45, 7) is 3.52. The number of carbonyl (C=O) groups excluding carboxylic acids is 1. The van der Waals surface area contributed by atoms with Crippen LogP contribution in [0.1, 0.15) is 12.5 Å². The van der Waals surface area contributed by atoms with Crippen molar-refractivity contribution in [1.29, 1.82) is 0 Å². The number of nitrogens with one attached hydrogen (secondary N) is 1. The van der Waals surface area contributed by atoms with Gasteiger partial charge in [-0.25, -0.2) is 19.4 Å². The van der Waals surface area contributed by atoms with Gasteiger partial charge < -0.3 is 14.6 Å². The number of aromatic nitrogens is 6. The Hall–Kier alpha value is -4.21. The first-order chi connectivity index (χ1) is 17.9. The van der Waals surface area contributed by atoms with E-state index < -0.39 is 13.3 Å². The number of benzene rings is 2. The summed E-state index contributed by atoms with van der Waals surface area (Å²) in [6, 6.07) is 16.8. The molecule has 2 aromatic carbocycles. The molecule has 0 aliphatic heterocycles. The van der Waals surface area contributed by atoms with Crippen LogP contribution in [0.4, 0.5) is 11.5 Å². The molecule has 0 fully saturated rings. The molecule has 37 heavy (non-hydrogen) atoms. The maximum Gasteiger partial charge on any atom is 0.332 e. The van der Waals surface area contributed by atoms with E-state index in [4.69, 9.17) is 9.26 Å². The Bertz CT molecular complexity index is 1620. The standard InChI is InChI=1S/C25H24N7O4P/c1-3-35-23(33)16-36-37(2,34)20-9-7-19(8-10-20)28-22-14-27-24-25(29-22)32(31-30-24)15-17-6-11-21-18(13-17)5-4-12-26-21/h4-14H,3,15-16H2,1-2H3,(H,28,29). The molecule has 1 unspecified atom stereocenters. The predicted octanol–water partition coefficient (Wildman–Crippen LogP) is 3.67. The van der Waals surface area contributed by atoms with Crippen molar-refractivity contribution in [1.82, 2.24) is 29.9 Å². The molecule has 3 aromatic heterocycles. The SMILES string of the molecule is CCOC(=O)COP(C)(=O)c1ccc(Nc2cnc3nnn(Cc4ccc5ncccc5c4)c3n2)cc1. The zero-order valence-corrected chi connectivity index (χ0v) is 21.1. The molecule has 0 saturated heterocycles. The Morgan fingerprint density at radius 2 is 1.95 bits per heavy atom. The highest BCUT2D eigenvalue weighted by molar-refractivity contribution is 7.66. The number of hydrogen-bond acceptors (Lipinski definition) is 10. The second kappa shape index (κ2) is 10.4. The van der Waals surface area contributed by atoms with Gasteiger partial charge in [0.1, 0.15) is 0 Å². The van der Waals surface area contributed by atoms with Crippen molar-refractivity contribution in [3.8, 4) is 0 Å². The molecule has 0 bridgehead atoms. The van der Waals surface area contributed by atoms with E-state index in [1.54, 1.807) is 48.3 Å². The monoisotopic (exact) mass is 517 g/mol. The van der Waals surface area contributed by atoms with E-state index in [0.717, 1.165) is 16.5 Å². The summed E-state index contributed by atoms with van der Waals surface area (Å²) < 4.78 is 24.7. The summed E-state index contributed by atoms with van der Waals surface area (Å²) in [6.07, 6.45) is 3.34. The normalized spacial score (nSPS) is 12.9. The molecule has 1 atom stereocenters. The van der Waals surface area contributed by atoms with Crippen molar-refractivity contribution in [2.45, 2.75) is 13.5 Å². The molecule has 0 aliphatic carbocycles. The van der Waals surface area contributed by atoms with Gasteiger partial charge in [-0.2, -0.15) is 0 Å². The van der Waals surface area contributed by atoms with Gasteiger partial charge in [0, 0.05) is 29.2 Å². The first-order valence-corrected chi connectivity index (χ1v) is 13.6. The van der Waals surface area contributed by atoms with Crippen LogP contribution in [-0.2, 0) is 25.2 Å². The third kappa shape index (κ3) is 5.63. The van der Waals surface area contributed by atoms with Crippen LogP contribution >= 0.6 is 7.37 Å². The molecular weight excluding hydrogens is 493 g/mol. The lowest BCUT2D eigenvalue weighted by atomic mass is 10.1. The number of pyridine rings is 1. The lowest BCUT2D eigenvalue weighted by Crippen LogP contribution is -2.15. The fourth-order valence-corrected chi connectivity index (χ4v) is 4.93. The van der Waals surface area contributed by atoms with Crippen LogP contribution in [0.3, 0.4) is 0 Å². The number of hydrogen-bond donors (Lipinski definition) is 1. The zero-order chi connectivity index (χ0) is 25.8. The summed E-state index contributed by atoms with van der Waals surface area (Å²) in [5.74, 6) is -0.0482. The van der Waals surface area contributed by atoms with Crippen LogP contribution in [0, 0.1) is 0 Å². The Morgan fingerprint density at radius 3 is 2.76 bits per heavy atom. The molecule has 5 aromatic rings. The van der Waals surface area contributed by atoms with Gasteiger partial charge in [-0.05, 0) is 55.0 Å². The second-order valence-electron chi connectivity index (χ2n) is 8.28. The van der Waals surface area contributed by atoms with E-state index in [2.05, 4.69) is 36.6 Å². The maximum absolute atomic E-state index is 12.9. The molecule has 0 amide bonds. The predicted molar refractivity (Wildman–Crippen MR) is 139 cm³/mol. The lowest BCUT2D eigenvalue weighted by Gasteiger charge is -2.14. The van der Waals surface area contributed by atoms with Crippen LogP contribution in [0.15, 0.2) is 67.0 Å². The molecule has 0 spiro atoms. The highest BCUT2D eigenvalue weighted by Crippen LogP contribution is 2.41. The number of ether oxygens (including phenoxy) is 1. The van der Waals surface area contributed by atoms with Crippen LogP contribution in [0.2, 0.25) is 0 Å². The minimum atomic E-state index is -3.18. The average Bonchev–Trinajstić information content (AvgIpc) is 3.30. The Kier molecular flexibility index (Phi) is 6.89. The van der Waals surface area contributed by atoms with Crippen molar-refractivity contribution in [3.05, 3.63) is 72.6 Å². The molecule has 11 nitrogen and oxygen atoms in total. The number of carbonyl (C=O) groups is 1. The number of rotatable bonds is 9. The largest absolute Gasteiger partial charge is 0.464 e. The van der Waals surface area contributed by atoms with E-state index in [9.17, 15) is 9.36 Å². The number of anilines is 2. The fourth-order valence-electron chi connectivity index (χ4n) is 3.73. The highest BCUT2D eigenvalue weighted by Gasteiger charge is 2.21. The highest BCUT2D eigenvalue weighted by atomic mass is 31.2. The molecule has 3 heterocycles. The summed E-state index contributed by atoms with van der Waals surface area (Å²) in [4.78, 5) is 24.9. The van der Waals surface area contributed by atoms with Crippen LogP contribution in [0.5, 0.6) is 0 Å². The zero-order valence-electron chi connectivity index (χ0n) is 20.2. The second-order valence-corrected chi connectivity index (χ2v) is 10.7. The van der Waals surface area contributed by atoms with E-state index in [1.807, 2.05) is 24.3 Å². The fraction of sp³-hybridized carbons (Fsp3) is 0.200. The Morgan fingerprint density at radius 1 is 1.11 bits per heavy atom. The van der Waals surface area contributed by atoms with Crippen LogP contribution in [0.25, 0.3) is 22.2 Å². The molecule has 0 saturated carbocycles. The van der Waals surface area contributed by atoms with Gasteiger partial charge in [0.25, 0.3) is 0 Å². The summed E-state index contributed by atoms with van der Waals surface area (Å²) >= 11 is 0. The van der Waals surface area contributed by atoms with Crippen molar-refractivity contribution in [2.75, 3.05) is 25.2 Å². The van der Waals surface area contributed by atoms with Crippen molar-refractivity contribution < 1.29 is 18.6 Å². The number of fused-ring (bicyclic) bond motifs is 2. The molecule has 0 radical (unpaired) electrons. The van der Waals surface area contributed by atoms with Crippen molar-refractivity contribution in [2.24, 2.45) is 0 Å². The van der Waals surface area contributed by atoms with Gasteiger partial charge >= 0.3 is 5.97 Å². The van der Waals surface area contributed by atoms with Gasteiger partial charge in [0.15, 0.2) is 18.1 Å². The number of nitrogens with zero attached hydrogens (tertiary/aromatic N) is 6. The first kappa shape index (κ1) is 24.5. The minimum absolute atomic E-state index is 0.239. The quantitative estimate of drug-likeness (QED) is 0.228. The Balaban J connectivity index is 1.30. The topological polar surface area (TPSA) is 134 Å². The van der Waals surface area contributed by atoms with Crippen LogP contribution < -0.4 is 10.6 Å². The lowest BCUT2D eigenvalue weighted by molar-refractivity contribution is -0.145. The third-order valence-electron chi connectivity index (χ3n) is 5.57. The van der Waals surface area contributed by atoms with Gasteiger partial charge in [0.05, 0.1) is 24.9 Å². The van der Waals surface area contributed by atoms with Gasteiger partial charge in [-0.15, -0.1) is 5.10 Å². The summed E-state index contributed by atoms with van der Waals surface area (Å²) in [5.41, 5.74) is 3.66. The first-order valence-electron chi connectivity index (χ1n) is 11.6. The molecular formula is C25H24N7O4P. The van der Waals surface area contributed by atoms with E-state index in [-0.39, 0.29) is 13.2 Å². The number of esters is 1. The molecule has 0 aliphatic rings. The van der Waals surface area contributed by atoms with Gasteiger partial charge in [0.2, 0.25) is 13.0 Å². The molecule has 12 heteroatoms. The van der Waals surface area contributed by atoms with Crippen molar-refractivity contribution in [3.63, 3.8) is 0 Å². The summed E-state index contributed by atoms with van der Waals surface area (Å²) in [5, 5.41) is 13.1. The third-order valence-corrected chi connectivity index (χ3v) is 7.43. The summed E-state index contributed by atoms with van der Waals surface area (Å²) in [7, 11) is -3.18. The van der Waals surface area contributed by atoms with Crippen molar-refractivity contribution >= 4 is 52.3 Å². The van der Waals surface area contributed by atoms with Gasteiger partial charge in [-0.3, -0.25) is 9.55 Å². The maximum atomic E-state index is 12.9. The van der Waals surface area contributed by atoms with Gasteiger partial charge in [-0.1, -0.05) is 17.3 Å². The van der Waals surface area contributed by atoms with E-state index in [0.29, 0.717) is 34.6 Å². The molecule has 5 rings (SSSR count). The van der Waals surface area contributed by atoms with E-state index in [1.165, 1.54) is 6.66 Å². The molecule has 188 valence electrons. The smallest absolute Gasteiger partial charge is 0.332 e. The van der Waals surface area contributed by atoms with E-state index >= 15 is 0 Å². The Labute approximate surface area is 212 Å².